The molecule has 0 aliphatic carbocycles. The van der Waals surface area contributed by atoms with Gasteiger partial charge < -0.3 is 19.4 Å². The van der Waals surface area contributed by atoms with Gasteiger partial charge in [0.15, 0.2) is 5.78 Å². The summed E-state index contributed by atoms with van der Waals surface area (Å²) in [4.78, 5) is 51.3. The van der Waals surface area contributed by atoms with Crippen LogP contribution in [0.15, 0.2) is 54.6 Å². The highest BCUT2D eigenvalue weighted by molar-refractivity contribution is 5.98. The van der Waals surface area contributed by atoms with Crippen molar-refractivity contribution in [2.45, 2.75) is 92.8 Å². The summed E-state index contributed by atoms with van der Waals surface area (Å²) >= 11 is 0. The van der Waals surface area contributed by atoms with Gasteiger partial charge >= 0.3 is 6.09 Å². The summed E-state index contributed by atoms with van der Waals surface area (Å²) in [6.45, 7) is 21.6. The number of hydrogen-bond acceptors (Lipinski definition) is 5. The second kappa shape index (κ2) is 16.1. The Hall–Kier alpha value is -3.68. The first-order chi connectivity index (χ1) is 19.0. The number of rotatable bonds is 4. The molecule has 0 saturated carbocycles. The first-order valence-electron chi connectivity index (χ1n) is 14.2. The fourth-order valence-electron chi connectivity index (χ4n) is 2.92. The molecule has 0 saturated heterocycles. The van der Waals surface area contributed by atoms with Crippen LogP contribution in [-0.4, -0.2) is 82.8 Å². The average molecular weight is 584 g/mol. The van der Waals surface area contributed by atoms with Crippen molar-refractivity contribution >= 4 is 23.7 Å². The lowest BCUT2D eigenvalue weighted by atomic mass is 10.0. The second-order valence-electron chi connectivity index (χ2n) is 13.0. The molecule has 0 fully saturated rings. The summed E-state index contributed by atoms with van der Waals surface area (Å²) in [5.74, 6) is 0.0406. The van der Waals surface area contributed by atoms with Crippen LogP contribution in [0.25, 0.3) is 0 Å². The van der Waals surface area contributed by atoms with Crippen LogP contribution in [0.5, 0.6) is 0 Å². The smallest absolute Gasteiger partial charge is 0.409 e. The minimum absolute atomic E-state index is 0.00757. The maximum atomic E-state index is 12.1. The summed E-state index contributed by atoms with van der Waals surface area (Å²) in [5.41, 5.74) is 1.47. The van der Waals surface area contributed by atoms with Gasteiger partial charge in [-0.3, -0.25) is 14.4 Å². The molecule has 3 amide bonds. The summed E-state index contributed by atoms with van der Waals surface area (Å²) in [7, 11) is 5.34. The Morgan fingerprint density at radius 3 is 1.21 bits per heavy atom. The zero-order valence-corrected chi connectivity index (χ0v) is 28.3. The zero-order valence-electron chi connectivity index (χ0n) is 28.3. The molecular formula is C34H53N3O5. The number of nitrogens with zero attached hydrogens (tertiary/aromatic N) is 3. The average Bonchev–Trinajstić information content (AvgIpc) is 2.90. The fraction of sp³-hybridized carbons (Fsp3) is 0.529. The van der Waals surface area contributed by atoms with Crippen LogP contribution >= 0.6 is 0 Å². The Labute approximate surface area is 254 Å². The van der Waals surface area contributed by atoms with Gasteiger partial charge in [0.25, 0.3) is 11.8 Å². The van der Waals surface area contributed by atoms with Crippen molar-refractivity contribution in [1.29, 1.82) is 0 Å². The molecule has 42 heavy (non-hydrogen) atoms. The van der Waals surface area contributed by atoms with Gasteiger partial charge in [0.1, 0.15) is 0 Å². The van der Waals surface area contributed by atoms with Crippen LogP contribution in [0.3, 0.4) is 0 Å². The van der Waals surface area contributed by atoms with Crippen molar-refractivity contribution in [1.82, 2.24) is 14.7 Å². The van der Waals surface area contributed by atoms with Gasteiger partial charge in [-0.15, -0.1) is 0 Å². The lowest BCUT2D eigenvalue weighted by Crippen LogP contribution is -2.42. The van der Waals surface area contributed by atoms with Crippen LogP contribution in [0, 0.1) is 0 Å². The number of benzene rings is 2. The molecule has 2 aromatic rings. The van der Waals surface area contributed by atoms with Crippen molar-refractivity contribution in [2.75, 3.05) is 27.7 Å². The maximum Gasteiger partial charge on any atom is 0.409 e. The molecule has 0 spiro atoms. The molecule has 0 aliphatic heterocycles. The molecular weight excluding hydrogens is 530 g/mol. The Bertz CT molecular complexity index is 1150. The lowest BCUT2D eigenvalue weighted by Gasteiger charge is -2.32. The molecule has 0 bridgehead atoms. The van der Waals surface area contributed by atoms with Crippen molar-refractivity contribution < 1.29 is 23.9 Å². The van der Waals surface area contributed by atoms with Gasteiger partial charge in [0.2, 0.25) is 0 Å². The van der Waals surface area contributed by atoms with E-state index < -0.39 is 0 Å². The van der Waals surface area contributed by atoms with E-state index in [1.54, 1.807) is 60.0 Å². The van der Waals surface area contributed by atoms with Gasteiger partial charge in [-0.05, 0) is 100 Å². The number of hydrogen-bond donors (Lipinski definition) is 0. The van der Waals surface area contributed by atoms with E-state index in [4.69, 9.17) is 4.74 Å². The molecule has 234 valence electrons. The van der Waals surface area contributed by atoms with Crippen LogP contribution in [0.2, 0.25) is 0 Å². The SMILES string of the molecule is CC(=O)c1ccc(C(=O)N(C)C(C)(C)C)cc1.CCOC(=O)N(C)C(C)(C)C.CN(C(=O)c1ccccc1)C(C)(C)C. The highest BCUT2D eigenvalue weighted by Crippen LogP contribution is 2.16. The minimum atomic E-state index is -0.264. The molecule has 0 N–H and O–H groups in total. The van der Waals surface area contributed by atoms with Gasteiger partial charge in [-0.25, -0.2) is 4.79 Å². The molecule has 8 heteroatoms. The molecule has 0 aromatic heterocycles. The van der Waals surface area contributed by atoms with Gasteiger partial charge in [0, 0.05) is 54.5 Å². The standard InChI is InChI=1S/C14H19NO2.C12H17NO.C8H17NO2/c1-10(16)11-6-8-12(9-7-11)13(17)15(5)14(2,3)4;1-12(2,3)13(4)11(14)10-8-6-5-7-9-10;1-6-11-7(10)9(5)8(2,3)4/h6-9H,1-5H3;5-9H,1-4H3;6H2,1-5H3. The normalized spacial score (nSPS) is 11.1. The van der Waals surface area contributed by atoms with E-state index in [-0.39, 0.29) is 40.3 Å². The maximum absolute atomic E-state index is 12.1. The van der Waals surface area contributed by atoms with E-state index in [0.717, 1.165) is 5.56 Å². The van der Waals surface area contributed by atoms with Gasteiger partial charge in [-0.1, -0.05) is 30.3 Å². The largest absolute Gasteiger partial charge is 0.450 e. The van der Waals surface area contributed by atoms with E-state index in [1.165, 1.54) is 6.92 Å². The third-order valence-corrected chi connectivity index (χ3v) is 6.73. The van der Waals surface area contributed by atoms with Crippen LogP contribution in [0.4, 0.5) is 4.79 Å². The van der Waals surface area contributed by atoms with E-state index in [0.29, 0.717) is 17.7 Å². The number of carbonyl (C=O) groups is 4. The summed E-state index contributed by atoms with van der Waals surface area (Å²) in [6.07, 6.45) is -0.264. The van der Waals surface area contributed by atoms with E-state index in [1.807, 2.05) is 99.7 Å². The van der Waals surface area contributed by atoms with E-state index in [9.17, 15) is 19.2 Å². The van der Waals surface area contributed by atoms with Crippen molar-refractivity contribution in [3.8, 4) is 0 Å². The monoisotopic (exact) mass is 583 g/mol. The van der Waals surface area contributed by atoms with Gasteiger partial charge in [0.05, 0.1) is 6.61 Å². The first kappa shape index (κ1) is 38.3. The Kier molecular flexibility index (Phi) is 14.7. The summed E-state index contributed by atoms with van der Waals surface area (Å²) in [5, 5.41) is 0. The second-order valence-corrected chi connectivity index (χ2v) is 13.0. The highest BCUT2D eigenvalue weighted by Gasteiger charge is 2.24. The molecule has 2 rings (SSSR count). The van der Waals surface area contributed by atoms with E-state index >= 15 is 0 Å². The molecule has 2 aromatic carbocycles. The quantitative estimate of drug-likeness (QED) is 0.356. The highest BCUT2D eigenvalue weighted by atomic mass is 16.6. The van der Waals surface area contributed by atoms with Crippen molar-refractivity contribution in [2.24, 2.45) is 0 Å². The Morgan fingerprint density at radius 1 is 0.571 bits per heavy atom. The van der Waals surface area contributed by atoms with Crippen molar-refractivity contribution in [3.63, 3.8) is 0 Å². The summed E-state index contributed by atoms with van der Waals surface area (Å²) in [6, 6.07) is 16.1. The molecule has 0 unspecified atom stereocenters. The first-order valence-corrected chi connectivity index (χ1v) is 14.2. The number of Topliss-reactive ketones (excluding diaryl/α,β-unsaturated/α-hetero) is 1. The predicted octanol–water partition coefficient (Wildman–Crippen LogP) is 7.19. The number of amides is 3. The van der Waals surface area contributed by atoms with Crippen molar-refractivity contribution in [3.05, 3.63) is 71.3 Å². The summed E-state index contributed by atoms with van der Waals surface area (Å²) < 4.78 is 4.82. The number of carbonyl (C=O) groups excluding carboxylic acids is 4. The Morgan fingerprint density at radius 2 is 0.905 bits per heavy atom. The predicted molar refractivity (Wildman–Crippen MR) is 171 cm³/mol. The van der Waals surface area contributed by atoms with Crippen LogP contribution < -0.4 is 0 Å². The van der Waals surface area contributed by atoms with Gasteiger partial charge in [-0.2, -0.15) is 0 Å². The zero-order chi connectivity index (χ0) is 33.1. The third kappa shape index (κ3) is 12.9. The number of ketones is 1. The molecule has 0 aliphatic rings. The topological polar surface area (TPSA) is 87.2 Å². The van der Waals surface area contributed by atoms with Crippen LogP contribution in [0.1, 0.15) is 107 Å². The molecule has 0 atom stereocenters. The van der Waals surface area contributed by atoms with Crippen LogP contribution in [-0.2, 0) is 4.74 Å². The lowest BCUT2D eigenvalue weighted by molar-refractivity contribution is 0.0646. The molecule has 0 radical (unpaired) electrons. The molecule has 0 heterocycles. The minimum Gasteiger partial charge on any atom is -0.450 e. The van der Waals surface area contributed by atoms with E-state index in [2.05, 4.69) is 0 Å². The number of ether oxygens (including phenoxy) is 1. The third-order valence-electron chi connectivity index (χ3n) is 6.73. The molecule has 8 nitrogen and oxygen atoms in total. The fourth-order valence-corrected chi connectivity index (χ4v) is 2.92. The Balaban J connectivity index is 0.000000616.